The topological polar surface area (TPSA) is 60.9 Å². The molecule has 158 valence electrons. The first-order valence-electron chi connectivity index (χ1n) is 9.93. The summed E-state index contributed by atoms with van der Waals surface area (Å²) >= 11 is 6.69. The summed E-state index contributed by atoms with van der Waals surface area (Å²) in [6.45, 7) is 8.60. The van der Waals surface area contributed by atoms with Gasteiger partial charge < -0.3 is 10.0 Å². The van der Waals surface area contributed by atoms with Crippen molar-refractivity contribution in [3.63, 3.8) is 0 Å². The van der Waals surface area contributed by atoms with Crippen LogP contribution in [0.5, 0.6) is 0 Å². The largest absolute Gasteiger partial charge is 0.395 e. The molecule has 2 amide bonds. The van der Waals surface area contributed by atoms with Crippen molar-refractivity contribution >= 4 is 46.2 Å². The molecule has 1 fully saturated rings. The third kappa shape index (κ3) is 6.39. The maximum Gasteiger partial charge on any atom is 0.266 e. The van der Waals surface area contributed by atoms with Crippen molar-refractivity contribution in [1.29, 1.82) is 0 Å². The molecular formula is C22H30N2O3S2. The molecular weight excluding hydrogens is 404 g/mol. The van der Waals surface area contributed by atoms with E-state index in [1.165, 1.54) is 17.3 Å². The summed E-state index contributed by atoms with van der Waals surface area (Å²) in [5.41, 5.74) is 1.88. The van der Waals surface area contributed by atoms with Crippen LogP contribution in [-0.4, -0.2) is 56.3 Å². The predicted molar refractivity (Wildman–Crippen MR) is 123 cm³/mol. The van der Waals surface area contributed by atoms with E-state index in [2.05, 4.69) is 19.1 Å². The zero-order valence-electron chi connectivity index (χ0n) is 17.6. The van der Waals surface area contributed by atoms with Crippen molar-refractivity contribution in [3.8, 4) is 0 Å². The number of nitrogens with zero attached hydrogens (tertiary/aromatic N) is 2. The van der Waals surface area contributed by atoms with Gasteiger partial charge in [0.25, 0.3) is 5.91 Å². The third-order valence-electron chi connectivity index (χ3n) is 4.77. The molecule has 7 heteroatoms. The molecule has 0 aromatic heterocycles. The zero-order valence-corrected chi connectivity index (χ0v) is 19.2. The van der Waals surface area contributed by atoms with Crippen LogP contribution in [0.3, 0.4) is 0 Å². The van der Waals surface area contributed by atoms with Crippen LogP contribution in [0, 0.1) is 0 Å². The van der Waals surface area contributed by atoms with Gasteiger partial charge in [-0.05, 0) is 50.8 Å². The van der Waals surface area contributed by atoms with E-state index in [1.807, 2.05) is 39.0 Å². The molecule has 0 atom stereocenters. The molecule has 0 radical (unpaired) electrons. The molecule has 2 rings (SSSR count). The second kappa shape index (κ2) is 10.4. The SMILES string of the molecule is CCc1ccc(/C=C2/SC(=S)N(CCCC(=O)N(CCO)C(C)(C)C)C2=O)cc1. The normalized spacial score (nSPS) is 16.0. The van der Waals surface area contributed by atoms with Gasteiger partial charge in [-0.25, -0.2) is 0 Å². The molecule has 1 N–H and O–H groups in total. The Morgan fingerprint density at radius 1 is 1.28 bits per heavy atom. The number of rotatable bonds is 8. The fourth-order valence-corrected chi connectivity index (χ4v) is 4.46. The van der Waals surface area contributed by atoms with Crippen molar-refractivity contribution in [2.45, 2.75) is 52.5 Å². The van der Waals surface area contributed by atoms with Crippen LogP contribution in [-0.2, 0) is 16.0 Å². The number of thioether (sulfide) groups is 1. The van der Waals surface area contributed by atoms with Gasteiger partial charge in [0.2, 0.25) is 5.91 Å². The van der Waals surface area contributed by atoms with Crippen LogP contribution in [0.4, 0.5) is 0 Å². The Labute approximate surface area is 183 Å². The summed E-state index contributed by atoms with van der Waals surface area (Å²) in [7, 11) is 0. The fraction of sp³-hybridized carbons (Fsp3) is 0.500. The number of hydrogen-bond donors (Lipinski definition) is 1. The first kappa shape index (κ1) is 23.6. The molecule has 1 saturated heterocycles. The van der Waals surface area contributed by atoms with Crippen LogP contribution in [0.25, 0.3) is 6.08 Å². The predicted octanol–water partition coefficient (Wildman–Crippen LogP) is 3.85. The number of aliphatic hydroxyl groups is 1. The van der Waals surface area contributed by atoms with Crippen molar-refractivity contribution in [1.82, 2.24) is 9.80 Å². The van der Waals surface area contributed by atoms with Gasteiger partial charge >= 0.3 is 0 Å². The summed E-state index contributed by atoms with van der Waals surface area (Å²) < 4.78 is 0.530. The summed E-state index contributed by atoms with van der Waals surface area (Å²) in [5, 5.41) is 9.22. The Balaban J connectivity index is 1.96. The van der Waals surface area contributed by atoms with Crippen LogP contribution >= 0.6 is 24.0 Å². The van der Waals surface area contributed by atoms with E-state index in [9.17, 15) is 14.7 Å². The van der Waals surface area contributed by atoms with Crippen molar-refractivity contribution in [2.75, 3.05) is 19.7 Å². The summed E-state index contributed by atoms with van der Waals surface area (Å²) in [6, 6.07) is 8.13. The summed E-state index contributed by atoms with van der Waals surface area (Å²) in [4.78, 5) is 29.1. The van der Waals surface area contributed by atoms with Crippen LogP contribution in [0.2, 0.25) is 0 Å². The van der Waals surface area contributed by atoms with E-state index in [0.717, 1.165) is 12.0 Å². The minimum Gasteiger partial charge on any atom is -0.395 e. The van der Waals surface area contributed by atoms with Gasteiger partial charge in [0.15, 0.2) is 0 Å². The lowest BCUT2D eigenvalue weighted by Crippen LogP contribution is -2.47. The van der Waals surface area contributed by atoms with Gasteiger partial charge in [-0.3, -0.25) is 14.5 Å². The van der Waals surface area contributed by atoms with Crippen molar-refractivity contribution < 1.29 is 14.7 Å². The molecule has 1 heterocycles. The second-order valence-corrected chi connectivity index (χ2v) is 9.65. The first-order chi connectivity index (χ1) is 13.7. The molecule has 1 aliphatic heterocycles. The molecule has 0 spiro atoms. The highest BCUT2D eigenvalue weighted by Gasteiger charge is 2.32. The minimum absolute atomic E-state index is 0.0245. The number of aryl methyl sites for hydroxylation is 1. The highest BCUT2D eigenvalue weighted by molar-refractivity contribution is 8.26. The van der Waals surface area contributed by atoms with E-state index < -0.39 is 0 Å². The first-order valence-corrected chi connectivity index (χ1v) is 11.2. The molecule has 0 unspecified atom stereocenters. The maximum absolute atomic E-state index is 12.7. The molecule has 5 nitrogen and oxygen atoms in total. The quantitative estimate of drug-likeness (QED) is 0.497. The number of carbonyl (C=O) groups is 2. The Morgan fingerprint density at radius 3 is 2.48 bits per heavy atom. The number of thiocarbonyl (C=S) groups is 1. The van der Waals surface area contributed by atoms with Gasteiger partial charge in [-0.15, -0.1) is 0 Å². The number of amides is 2. The lowest BCUT2D eigenvalue weighted by molar-refractivity contribution is -0.137. The monoisotopic (exact) mass is 434 g/mol. The molecule has 1 aliphatic rings. The van der Waals surface area contributed by atoms with Gasteiger partial charge in [0, 0.05) is 25.0 Å². The van der Waals surface area contributed by atoms with Crippen molar-refractivity contribution in [3.05, 3.63) is 40.3 Å². The van der Waals surface area contributed by atoms with Crippen LogP contribution in [0.15, 0.2) is 29.2 Å². The van der Waals surface area contributed by atoms with E-state index in [1.54, 1.807) is 9.80 Å². The van der Waals surface area contributed by atoms with Gasteiger partial charge in [0.1, 0.15) is 4.32 Å². The van der Waals surface area contributed by atoms with E-state index >= 15 is 0 Å². The smallest absolute Gasteiger partial charge is 0.266 e. The van der Waals surface area contributed by atoms with Gasteiger partial charge in [0.05, 0.1) is 11.5 Å². The maximum atomic E-state index is 12.7. The van der Waals surface area contributed by atoms with Crippen LogP contribution < -0.4 is 0 Å². The molecule has 0 bridgehead atoms. The Kier molecular flexibility index (Phi) is 8.43. The summed E-state index contributed by atoms with van der Waals surface area (Å²) in [5.74, 6) is -0.126. The van der Waals surface area contributed by atoms with Crippen LogP contribution in [0.1, 0.15) is 51.7 Å². The fourth-order valence-electron chi connectivity index (χ4n) is 3.15. The molecule has 1 aromatic rings. The van der Waals surface area contributed by atoms with E-state index in [-0.39, 0.29) is 24.0 Å². The number of aliphatic hydroxyl groups excluding tert-OH is 1. The van der Waals surface area contributed by atoms with Crippen molar-refractivity contribution in [2.24, 2.45) is 0 Å². The average Bonchev–Trinajstić information content (AvgIpc) is 2.93. The lowest BCUT2D eigenvalue weighted by atomic mass is 10.0. The molecule has 1 aromatic carbocycles. The number of hydrogen-bond acceptors (Lipinski definition) is 5. The third-order valence-corrected chi connectivity index (χ3v) is 6.14. The lowest BCUT2D eigenvalue weighted by Gasteiger charge is -2.35. The Morgan fingerprint density at radius 2 is 1.93 bits per heavy atom. The second-order valence-electron chi connectivity index (χ2n) is 7.97. The molecule has 0 saturated carbocycles. The number of carbonyl (C=O) groups excluding carboxylic acids is 2. The number of benzene rings is 1. The Bertz CT molecular complexity index is 782. The highest BCUT2D eigenvalue weighted by Crippen LogP contribution is 2.32. The summed E-state index contributed by atoms with van der Waals surface area (Å²) in [6.07, 6.45) is 3.69. The minimum atomic E-state index is -0.350. The highest BCUT2D eigenvalue weighted by atomic mass is 32.2. The molecule has 0 aliphatic carbocycles. The Hall–Kier alpha value is -1.70. The van der Waals surface area contributed by atoms with Gasteiger partial charge in [-0.1, -0.05) is 55.2 Å². The average molecular weight is 435 g/mol. The van der Waals surface area contributed by atoms with E-state index in [0.29, 0.717) is 35.2 Å². The molecule has 29 heavy (non-hydrogen) atoms. The van der Waals surface area contributed by atoms with E-state index in [4.69, 9.17) is 12.2 Å². The standard InChI is InChI=1S/C22H30N2O3S2/c1-5-16-8-10-17(11-9-16)15-18-20(27)23(21(28)29-18)12-6-7-19(26)24(13-14-25)22(2,3)4/h8-11,15,25H,5-7,12-14H2,1-4H3/b18-15+. The number of β-amino-alcohol motifs (C(OH)–C–C–N with tert-alkyl or cyclic N) is 1. The zero-order chi connectivity index (χ0) is 21.6. The van der Waals surface area contributed by atoms with Gasteiger partial charge in [-0.2, -0.15) is 0 Å².